The number of amides is 2. The van der Waals surface area contributed by atoms with Gasteiger partial charge in [-0.05, 0) is 40.2 Å². The molecule has 2 aromatic carbocycles. The highest BCUT2D eigenvalue weighted by molar-refractivity contribution is 9.10. The van der Waals surface area contributed by atoms with E-state index in [1.807, 2.05) is 6.07 Å². The van der Waals surface area contributed by atoms with Crippen LogP contribution in [0.2, 0.25) is 0 Å². The molecule has 0 aliphatic heterocycles. The standard InChI is InChI=1S/C16H15BrN2O3/c1-19(22-2)16(21)12-8-4-6-10-14(12)18-15(20)11-7-3-5-9-13(11)17/h3-10H,1-2H3,(H,18,20). The molecule has 0 bridgehead atoms. The molecule has 0 saturated carbocycles. The van der Waals surface area contributed by atoms with Crippen LogP contribution in [0.4, 0.5) is 5.69 Å². The molecular formula is C16H15BrN2O3. The Bertz CT molecular complexity index is 703. The minimum absolute atomic E-state index is 0.298. The topological polar surface area (TPSA) is 58.6 Å². The maximum Gasteiger partial charge on any atom is 0.279 e. The van der Waals surface area contributed by atoms with E-state index in [0.29, 0.717) is 21.3 Å². The predicted molar refractivity (Wildman–Crippen MR) is 87.6 cm³/mol. The van der Waals surface area contributed by atoms with Crippen molar-refractivity contribution in [2.75, 3.05) is 19.5 Å². The first-order valence-electron chi connectivity index (χ1n) is 6.51. The average molecular weight is 363 g/mol. The first-order chi connectivity index (χ1) is 10.5. The second-order valence-electron chi connectivity index (χ2n) is 4.46. The highest BCUT2D eigenvalue weighted by atomic mass is 79.9. The number of nitrogens with zero attached hydrogens (tertiary/aromatic N) is 1. The molecule has 0 radical (unpaired) electrons. The van der Waals surface area contributed by atoms with Crippen LogP contribution in [0.1, 0.15) is 20.7 Å². The lowest BCUT2D eigenvalue weighted by Crippen LogP contribution is -2.27. The van der Waals surface area contributed by atoms with Gasteiger partial charge in [0.2, 0.25) is 0 Å². The molecule has 0 unspecified atom stereocenters. The Balaban J connectivity index is 2.29. The fraction of sp³-hybridized carbons (Fsp3) is 0.125. The van der Waals surface area contributed by atoms with E-state index in [0.717, 1.165) is 5.06 Å². The van der Waals surface area contributed by atoms with Crippen LogP contribution in [-0.4, -0.2) is 31.0 Å². The van der Waals surface area contributed by atoms with Crippen LogP contribution < -0.4 is 5.32 Å². The Morgan fingerprint density at radius 3 is 2.27 bits per heavy atom. The second kappa shape index (κ2) is 7.20. The third-order valence-corrected chi connectivity index (χ3v) is 3.78. The van der Waals surface area contributed by atoms with Gasteiger partial charge in [-0.1, -0.05) is 24.3 Å². The van der Waals surface area contributed by atoms with E-state index in [-0.39, 0.29) is 11.8 Å². The van der Waals surface area contributed by atoms with Gasteiger partial charge in [0.1, 0.15) is 0 Å². The molecule has 0 aromatic heterocycles. The number of benzene rings is 2. The first-order valence-corrected chi connectivity index (χ1v) is 7.31. The van der Waals surface area contributed by atoms with Crippen LogP contribution >= 0.6 is 15.9 Å². The summed E-state index contributed by atoms with van der Waals surface area (Å²) in [6, 6.07) is 13.9. The summed E-state index contributed by atoms with van der Waals surface area (Å²) in [5.41, 5.74) is 1.27. The minimum atomic E-state index is -0.342. The molecule has 114 valence electrons. The monoisotopic (exact) mass is 362 g/mol. The van der Waals surface area contributed by atoms with Gasteiger partial charge in [0.05, 0.1) is 23.9 Å². The summed E-state index contributed by atoms with van der Waals surface area (Å²) in [6.07, 6.45) is 0. The number of rotatable bonds is 4. The lowest BCUT2D eigenvalue weighted by molar-refractivity contribution is -0.0756. The number of anilines is 1. The highest BCUT2D eigenvalue weighted by Crippen LogP contribution is 2.21. The Labute approximate surface area is 137 Å². The van der Waals surface area contributed by atoms with Crippen LogP contribution in [0.3, 0.4) is 0 Å². The fourth-order valence-electron chi connectivity index (χ4n) is 1.87. The van der Waals surface area contributed by atoms with Gasteiger partial charge in [0, 0.05) is 11.5 Å². The smallest absolute Gasteiger partial charge is 0.279 e. The summed E-state index contributed by atoms with van der Waals surface area (Å²) in [5.74, 6) is -0.640. The summed E-state index contributed by atoms with van der Waals surface area (Å²) in [7, 11) is 2.91. The summed E-state index contributed by atoms with van der Waals surface area (Å²) in [6.45, 7) is 0. The van der Waals surface area contributed by atoms with Crippen molar-refractivity contribution in [3.8, 4) is 0 Å². The predicted octanol–water partition coefficient (Wildman–Crippen LogP) is 3.33. The number of hydrogen-bond donors (Lipinski definition) is 1. The molecule has 0 atom stereocenters. The van der Waals surface area contributed by atoms with E-state index in [1.54, 1.807) is 42.5 Å². The van der Waals surface area contributed by atoms with Gasteiger partial charge >= 0.3 is 0 Å². The second-order valence-corrected chi connectivity index (χ2v) is 5.32. The molecular weight excluding hydrogens is 348 g/mol. The average Bonchev–Trinajstić information content (AvgIpc) is 2.54. The van der Waals surface area contributed by atoms with E-state index >= 15 is 0 Å². The molecule has 0 aliphatic rings. The van der Waals surface area contributed by atoms with E-state index in [9.17, 15) is 9.59 Å². The molecule has 2 rings (SSSR count). The fourth-order valence-corrected chi connectivity index (χ4v) is 2.33. The summed E-state index contributed by atoms with van der Waals surface area (Å²) >= 11 is 3.34. The molecule has 0 saturated heterocycles. The first kappa shape index (κ1) is 16.2. The number of nitrogens with one attached hydrogen (secondary N) is 1. The van der Waals surface area contributed by atoms with Crippen LogP contribution in [0, 0.1) is 0 Å². The summed E-state index contributed by atoms with van der Waals surface area (Å²) in [5, 5.41) is 3.86. The van der Waals surface area contributed by atoms with Crippen molar-refractivity contribution in [3.05, 3.63) is 64.1 Å². The molecule has 0 heterocycles. The molecule has 5 nitrogen and oxygen atoms in total. The number of hydroxylamine groups is 2. The van der Waals surface area contributed by atoms with Crippen molar-refractivity contribution in [1.29, 1.82) is 0 Å². The van der Waals surface area contributed by atoms with Crippen molar-refractivity contribution in [3.63, 3.8) is 0 Å². The SMILES string of the molecule is CON(C)C(=O)c1ccccc1NC(=O)c1ccccc1Br. The molecule has 6 heteroatoms. The Morgan fingerprint density at radius 1 is 1.05 bits per heavy atom. The van der Waals surface area contributed by atoms with E-state index in [4.69, 9.17) is 4.84 Å². The largest absolute Gasteiger partial charge is 0.321 e. The van der Waals surface area contributed by atoms with Crippen LogP contribution in [0.5, 0.6) is 0 Å². The lowest BCUT2D eigenvalue weighted by Gasteiger charge is -2.16. The normalized spacial score (nSPS) is 10.1. The maximum absolute atomic E-state index is 12.4. The zero-order valence-corrected chi connectivity index (χ0v) is 13.8. The Kier molecular flexibility index (Phi) is 5.30. The van der Waals surface area contributed by atoms with Crippen molar-refractivity contribution >= 4 is 33.4 Å². The zero-order chi connectivity index (χ0) is 16.1. The number of para-hydroxylation sites is 1. The van der Waals surface area contributed by atoms with E-state index < -0.39 is 0 Å². The van der Waals surface area contributed by atoms with Gasteiger partial charge in [0.15, 0.2) is 0 Å². The molecule has 0 aliphatic carbocycles. The molecule has 22 heavy (non-hydrogen) atoms. The van der Waals surface area contributed by atoms with Crippen molar-refractivity contribution in [2.45, 2.75) is 0 Å². The number of hydrogen-bond acceptors (Lipinski definition) is 3. The zero-order valence-electron chi connectivity index (χ0n) is 12.2. The third-order valence-electron chi connectivity index (χ3n) is 3.08. The number of carbonyl (C=O) groups excluding carboxylic acids is 2. The Hall–Kier alpha value is -2.18. The van der Waals surface area contributed by atoms with Crippen molar-refractivity contribution in [1.82, 2.24) is 5.06 Å². The van der Waals surface area contributed by atoms with Gasteiger partial charge in [-0.3, -0.25) is 14.4 Å². The lowest BCUT2D eigenvalue weighted by atomic mass is 10.1. The van der Waals surface area contributed by atoms with Crippen molar-refractivity contribution < 1.29 is 14.4 Å². The number of halogens is 1. The van der Waals surface area contributed by atoms with Gasteiger partial charge in [-0.15, -0.1) is 0 Å². The van der Waals surface area contributed by atoms with E-state index in [1.165, 1.54) is 14.2 Å². The number of carbonyl (C=O) groups is 2. The van der Waals surface area contributed by atoms with Crippen molar-refractivity contribution in [2.24, 2.45) is 0 Å². The van der Waals surface area contributed by atoms with Gasteiger partial charge in [0.25, 0.3) is 11.8 Å². The molecule has 0 fully saturated rings. The highest BCUT2D eigenvalue weighted by Gasteiger charge is 2.18. The quantitative estimate of drug-likeness (QED) is 0.848. The van der Waals surface area contributed by atoms with Gasteiger partial charge in [-0.2, -0.15) is 0 Å². The third kappa shape index (κ3) is 3.52. The van der Waals surface area contributed by atoms with Crippen LogP contribution in [-0.2, 0) is 4.84 Å². The van der Waals surface area contributed by atoms with Crippen LogP contribution in [0.15, 0.2) is 53.0 Å². The van der Waals surface area contributed by atoms with Crippen LogP contribution in [0.25, 0.3) is 0 Å². The Morgan fingerprint density at radius 2 is 1.64 bits per heavy atom. The molecule has 2 aromatic rings. The van der Waals surface area contributed by atoms with Gasteiger partial charge in [-0.25, -0.2) is 5.06 Å². The molecule has 2 amide bonds. The summed E-state index contributed by atoms with van der Waals surface area (Å²) in [4.78, 5) is 29.5. The molecule has 1 N–H and O–H groups in total. The maximum atomic E-state index is 12.4. The minimum Gasteiger partial charge on any atom is -0.321 e. The molecule has 0 spiro atoms. The van der Waals surface area contributed by atoms with E-state index in [2.05, 4.69) is 21.2 Å². The van der Waals surface area contributed by atoms with Gasteiger partial charge < -0.3 is 5.32 Å². The summed E-state index contributed by atoms with van der Waals surface area (Å²) < 4.78 is 0.685.